The van der Waals surface area contributed by atoms with Gasteiger partial charge in [0, 0.05) is 23.4 Å². The number of hydrogen-bond acceptors (Lipinski definition) is 5. The van der Waals surface area contributed by atoms with Gasteiger partial charge < -0.3 is 15.2 Å². The van der Waals surface area contributed by atoms with Crippen LogP contribution in [-0.4, -0.2) is 5.78 Å². The number of nitrogens with zero attached hydrogens (tertiary/aromatic N) is 1. The van der Waals surface area contributed by atoms with Crippen molar-refractivity contribution < 1.29 is 14.3 Å². The van der Waals surface area contributed by atoms with Gasteiger partial charge in [-0.2, -0.15) is 5.26 Å². The number of halogens is 1. The molecule has 0 saturated carbocycles. The summed E-state index contributed by atoms with van der Waals surface area (Å²) in [7, 11) is 0. The molecule has 0 fully saturated rings. The lowest BCUT2D eigenvalue weighted by Gasteiger charge is -2.37. The van der Waals surface area contributed by atoms with Crippen LogP contribution in [-0.2, 0) is 16.1 Å². The van der Waals surface area contributed by atoms with Crippen LogP contribution in [0, 0.1) is 30.6 Å². The Morgan fingerprint density at radius 1 is 1.18 bits per heavy atom. The van der Waals surface area contributed by atoms with E-state index in [0.29, 0.717) is 41.6 Å². The van der Waals surface area contributed by atoms with E-state index in [1.165, 1.54) is 0 Å². The van der Waals surface area contributed by atoms with Gasteiger partial charge >= 0.3 is 0 Å². The third-order valence-electron chi connectivity index (χ3n) is 6.32. The molecule has 1 heterocycles. The maximum Gasteiger partial charge on any atom is 0.205 e. The van der Waals surface area contributed by atoms with Crippen LogP contribution in [0.25, 0.3) is 0 Å². The largest absolute Gasteiger partial charge is 0.489 e. The lowest BCUT2D eigenvalue weighted by Crippen LogP contribution is -2.33. The molecule has 0 unspecified atom stereocenters. The molecule has 0 saturated heterocycles. The third-order valence-corrected chi connectivity index (χ3v) is 6.57. The summed E-state index contributed by atoms with van der Waals surface area (Å²) in [5.74, 6) is 0.827. The van der Waals surface area contributed by atoms with E-state index in [9.17, 15) is 10.1 Å². The second-order valence-electron chi connectivity index (χ2n) is 9.58. The minimum absolute atomic E-state index is 0.00504. The van der Waals surface area contributed by atoms with Gasteiger partial charge in [0.2, 0.25) is 5.88 Å². The molecule has 2 N–H and O–H groups in total. The van der Waals surface area contributed by atoms with Crippen LogP contribution in [0.4, 0.5) is 0 Å². The summed E-state index contributed by atoms with van der Waals surface area (Å²) >= 11 is 5.96. The van der Waals surface area contributed by atoms with Crippen molar-refractivity contribution in [1.82, 2.24) is 0 Å². The van der Waals surface area contributed by atoms with E-state index in [1.807, 2.05) is 45.9 Å². The Balaban J connectivity index is 1.77. The molecule has 1 atom stereocenters. The van der Waals surface area contributed by atoms with Gasteiger partial charge in [-0.05, 0) is 65.8 Å². The van der Waals surface area contributed by atoms with Crippen molar-refractivity contribution in [2.45, 2.75) is 53.1 Å². The summed E-state index contributed by atoms with van der Waals surface area (Å²) in [6.45, 7) is 8.43. The highest BCUT2D eigenvalue weighted by Crippen LogP contribution is 2.48. The lowest BCUT2D eigenvalue weighted by molar-refractivity contribution is -0.119. The number of nitrogens with two attached hydrogens (primary N) is 1. The Morgan fingerprint density at radius 2 is 1.88 bits per heavy atom. The highest BCUT2D eigenvalue weighted by Gasteiger charge is 2.43. The van der Waals surface area contributed by atoms with Crippen LogP contribution >= 0.6 is 11.6 Å². The first kappa shape index (κ1) is 22.9. The molecular formula is C27H27ClN2O3. The van der Waals surface area contributed by atoms with Gasteiger partial charge in [-0.1, -0.05) is 37.6 Å². The van der Waals surface area contributed by atoms with Crippen molar-refractivity contribution in [2.24, 2.45) is 11.1 Å². The highest BCUT2D eigenvalue weighted by atomic mass is 35.5. The number of benzene rings is 2. The minimum atomic E-state index is -0.544. The fourth-order valence-corrected chi connectivity index (χ4v) is 4.80. The number of aryl methyl sites for hydroxylation is 2. The fourth-order valence-electron chi connectivity index (χ4n) is 4.67. The number of carbonyl (C=O) groups is 1. The number of ketones is 1. The molecule has 2 aromatic carbocycles. The van der Waals surface area contributed by atoms with Crippen LogP contribution in [0.3, 0.4) is 0 Å². The van der Waals surface area contributed by atoms with Crippen molar-refractivity contribution in [3.05, 3.63) is 86.5 Å². The van der Waals surface area contributed by atoms with Gasteiger partial charge in [0.1, 0.15) is 29.8 Å². The van der Waals surface area contributed by atoms with E-state index in [0.717, 1.165) is 22.3 Å². The zero-order valence-electron chi connectivity index (χ0n) is 19.3. The van der Waals surface area contributed by atoms with Crippen LogP contribution in [0.2, 0.25) is 5.02 Å². The van der Waals surface area contributed by atoms with Gasteiger partial charge in [-0.15, -0.1) is 0 Å². The molecule has 2 aromatic rings. The summed E-state index contributed by atoms with van der Waals surface area (Å²) < 4.78 is 11.8. The van der Waals surface area contributed by atoms with Gasteiger partial charge in [-0.3, -0.25) is 4.79 Å². The number of rotatable bonds is 4. The number of nitriles is 1. The van der Waals surface area contributed by atoms with Crippen molar-refractivity contribution >= 4 is 17.4 Å². The summed E-state index contributed by atoms with van der Waals surface area (Å²) in [5.41, 5.74) is 10.7. The molecule has 0 aromatic heterocycles. The Kier molecular flexibility index (Phi) is 5.99. The molecule has 0 radical (unpaired) electrons. The van der Waals surface area contributed by atoms with Crippen LogP contribution in [0.15, 0.2) is 59.2 Å². The van der Waals surface area contributed by atoms with Crippen LogP contribution < -0.4 is 10.5 Å². The van der Waals surface area contributed by atoms with E-state index >= 15 is 0 Å². The Morgan fingerprint density at radius 3 is 2.55 bits per heavy atom. The number of hydrogen-bond donors (Lipinski definition) is 1. The fraction of sp³-hybridized carbons (Fsp3) is 0.333. The SMILES string of the molecule is Cc1cc(C)c([C@H]2C(C#N)=C(N)OC3=C2C(=O)CC(C)(C)C3)cc1COc1ccc(Cl)cc1. The average Bonchev–Trinajstić information content (AvgIpc) is 2.72. The average molecular weight is 463 g/mol. The second-order valence-corrected chi connectivity index (χ2v) is 10.0. The van der Waals surface area contributed by atoms with Gasteiger partial charge in [0.15, 0.2) is 5.78 Å². The van der Waals surface area contributed by atoms with Crippen molar-refractivity contribution in [3.63, 3.8) is 0 Å². The summed E-state index contributed by atoms with van der Waals surface area (Å²) in [4.78, 5) is 13.3. The molecule has 0 bridgehead atoms. The Labute approximate surface area is 199 Å². The summed E-state index contributed by atoms with van der Waals surface area (Å²) in [6.07, 6.45) is 1.00. The third kappa shape index (κ3) is 4.49. The van der Waals surface area contributed by atoms with Gasteiger partial charge in [-0.25, -0.2) is 0 Å². The quantitative estimate of drug-likeness (QED) is 0.603. The van der Waals surface area contributed by atoms with Crippen LogP contribution in [0.1, 0.15) is 54.9 Å². The number of ether oxygens (including phenoxy) is 2. The highest BCUT2D eigenvalue weighted by molar-refractivity contribution is 6.30. The molecule has 0 amide bonds. The molecule has 170 valence electrons. The summed E-state index contributed by atoms with van der Waals surface area (Å²) in [5, 5.41) is 10.6. The van der Waals surface area contributed by atoms with Crippen molar-refractivity contribution in [3.8, 4) is 11.8 Å². The zero-order chi connectivity index (χ0) is 23.9. The molecule has 1 aliphatic heterocycles. The van der Waals surface area contributed by atoms with E-state index in [-0.39, 0.29) is 22.7 Å². The standard InChI is InChI=1S/C27H27ClN2O3/c1-15-9-16(2)20(10-17(15)14-32-19-7-5-18(28)6-8-19)24-21(13-29)26(30)33-23-12-27(3,4)11-22(31)25(23)24/h5-10,24H,11-12,14,30H2,1-4H3/t24-/m0/s1. The Hall–Kier alpha value is -3.23. The molecule has 0 spiro atoms. The first-order valence-corrected chi connectivity index (χ1v) is 11.3. The molecular weight excluding hydrogens is 436 g/mol. The minimum Gasteiger partial charge on any atom is -0.489 e. The first-order valence-electron chi connectivity index (χ1n) is 10.9. The maximum absolute atomic E-state index is 13.3. The van der Waals surface area contributed by atoms with Crippen molar-refractivity contribution in [2.75, 3.05) is 0 Å². The zero-order valence-corrected chi connectivity index (χ0v) is 20.0. The molecule has 5 nitrogen and oxygen atoms in total. The topological polar surface area (TPSA) is 85.3 Å². The normalized spacial score (nSPS) is 19.6. The van der Waals surface area contributed by atoms with E-state index in [2.05, 4.69) is 12.1 Å². The number of Topliss-reactive ketones (excluding diaryl/α,β-unsaturated/α-hetero) is 1. The second kappa shape index (κ2) is 8.61. The summed E-state index contributed by atoms with van der Waals surface area (Å²) in [6, 6.07) is 13.5. The van der Waals surface area contributed by atoms with Gasteiger partial charge in [0.25, 0.3) is 0 Å². The monoisotopic (exact) mass is 462 g/mol. The molecule has 6 heteroatoms. The van der Waals surface area contributed by atoms with E-state index in [4.69, 9.17) is 26.8 Å². The smallest absolute Gasteiger partial charge is 0.205 e. The van der Waals surface area contributed by atoms with Crippen LogP contribution in [0.5, 0.6) is 5.75 Å². The molecule has 33 heavy (non-hydrogen) atoms. The molecule has 2 aliphatic rings. The predicted octanol–water partition coefficient (Wildman–Crippen LogP) is 5.99. The number of allylic oxidation sites excluding steroid dienone is 3. The van der Waals surface area contributed by atoms with E-state index in [1.54, 1.807) is 12.1 Å². The van der Waals surface area contributed by atoms with Crippen molar-refractivity contribution in [1.29, 1.82) is 5.26 Å². The maximum atomic E-state index is 13.3. The number of carbonyl (C=O) groups excluding carboxylic acids is 1. The first-order chi connectivity index (χ1) is 15.6. The predicted molar refractivity (Wildman–Crippen MR) is 127 cm³/mol. The van der Waals surface area contributed by atoms with E-state index < -0.39 is 5.92 Å². The Bertz CT molecular complexity index is 1230. The molecule has 4 rings (SSSR count). The molecule has 1 aliphatic carbocycles. The van der Waals surface area contributed by atoms with Gasteiger partial charge in [0.05, 0.1) is 5.92 Å². The lowest BCUT2D eigenvalue weighted by atomic mass is 9.69.